The van der Waals surface area contributed by atoms with E-state index >= 15 is 0 Å². The first-order valence-corrected chi connectivity index (χ1v) is 5.44. The van der Waals surface area contributed by atoms with Crippen LogP contribution in [0.5, 0.6) is 0 Å². The van der Waals surface area contributed by atoms with Crippen LogP contribution in [0.1, 0.15) is 26.3 Å². The molecular formula is C14H19NO. The van der Waals surface area contributed by atoms with Crippen LogP contribution >= 0.6 is 0 Å². The van der Waals surface area contributed by atoms with E-state index in [-0.39, 0.29) is 11.2 Å². The van der Waals surface area contributed by atoms with E-state index in [9.17, 15) is 4.79 Å². The molecule has 2 nitrogen and oxygen atoms in total. The number of hydrogen-bond donors (Lipinski definition) is 1. The summed E-state index contributed by atoms with van der Waals surface area (Å²) in [4.78, 5) is 11.7. The van der Waals surface area contributed by atoms with Gasteiger partial charge in [0.15, 0.2) is 5.78 Å². The lowest BCUT2D eigenvalue weighted by molar-refractivity contribution is -0.121. The molecule has 2 N–H and O–H groups in total. The van der Waals surface area contributed by atoms with Gasteiger partial charge in [0.1, 0.15) is 0 Å². The largest absolute Gasteiger partial charge is 0.402 e. The predicted molar refractivity (Wildman–Crippen MR) is 66.9 cm³/mol. The zero-order valence-electron chi connectivity index (χ0n) is 10.2. The lowest BCUT2D eigenvalue weighted by Crippen LogP contribution is -2.19. The third-order valence-corrected chi connectivity index (χ3v) is 2.31. The Balaban J connectivity index is 2.70. The average molecular weight is 217 g/mol. The Kier molecular flexibility index (Phi) is 3.88. The van der Waals surface area contributed by atoms with Crippen molar-refractivity contribution < 1.29 is 4.79 Å². The summed E-state index contributed by atoms with van der Waals surface area (Å²) in [5.74, 6) is 0.0703. The summed E-state index contributed by atoms with van der Waals surface area (Å²) in [6.45, 7) is 5.67. The van der Waals surface area contributed by atoms with E-state index in [1.807, 2.05) is 51.1 Å². The minimum atomic E-state index is -0.360. The number of hydrogen-bond acceptors (Lipinski definition) is 2. The lowest BCUT2D eigenvalue weighted by Gasteiger charge is -2.14. The number of carbonyl (C=O) groups excluding carboxylic acids is 1. The van der Waals surface area contributed by atoms with Gasteiger partial charge in [0.2, 0.25) is 0 Å². The molecule has 0 aliphatic rings. The monoisotopic (exact) mass is 217 g/mol. The highest BCUT2D eigenvalue weighted by atomic mass is 16.1. The van der Waals surface area contributed by atoms with Crippen molar-refractivity contribution in [1.82, 2.24) is 0 Å². The van der Waals surface area contributed by atoms with E-state index in [2.05, 4.69) is 0 Å². The molecule has 1 aromatic carbocycles. The van der Waals surface area contributed by atoms with Crippen LogP contribution in [0, 0.1) is 5.41 Å². The van der Waals surface area contributed by atoms with Gasteiger partial charge in [-0.05, 0) is 5.56 Å². The van der Waals surface area contributed by atoms with Crippen molar-refractivity contribution in [3.8, 4) is 0 Å². The number of allylic oxidation sites excluding steroid dienone is 2. The third kappa shape index (κ3) is 3.89. The molecule has 0 unspecified atom stereocenters. The van der Waals surface area contributed by atoms with Crippen LogP contribution in [0.4, 0.5) is 0 Å². The molecule has 1 aromatic rings. The molecule has 0 aromatic heterocycles. The molecule has 1 rings (SSSR count). The molecule has 0 spiro atoms. The first-order valence-electron chi connectivity index (χ1n) is 5.44. The number of nitrogens with two attached hydrogens (primary N) is 1. The van der Waals surface area contributed by atoms with Crippen LogP contribution in [0.3, 0.4) is 0 Å². The third-order valence-electron chi connectivity index (χ3n) is 2.31. The Morgan fingerprint density at radius 3 is 2.31 bits per heavy atom. The summed E-state index contributed by atoms with van der Waals surface area (Å²) in [6.07, 6.45) is 2.18. The van der Waals surface area contributed by atoms with Crippen molar-refractivity contribution >= 4 is 5.78 Å². The summed E-state index contributed by atoms with van der Waals surface area (Å²) in [5.41, 5.74) is 7.22. The molecule has 0 saturated heterocycles. The van der Waals surface area contributed by atoms with Gasteiger partial charge in [-0.15, -0.1) is 0 Å². The molecule has 16 heavy (non-hydrogen) atoms. The minimum absolute atomic E-state index is 0.0703. The van der Waals surface area contributed by atoms with E-state index in [1.165, 1.54) is 0 Å². The van der Waals surface area contributed by atoms with Gasteiger partial charge in [-0.3, -0.25) is 4.79 Å². The number of rotatable bonds is 3. The first kappa shape index (κ1) is 12.5. The standard InChI is InChI=1S/C14H19NO/c1-14(2,3)13(16)10-12(15)9-11-7-5-4-6-8-11/h4-8,10H,9,15H2,1-3H3. The highest BCUT2D eigenvalue weighted by molar-refractivity contribution is 5.94. The van der Waals surface area contributed by atoms with E-state index < -0.39 is 0 Å². The maximum atomic E-state index is 11.7. The molecule has 0 atom stereocenters. The van der Waals surface area contributed by atoms with Crippen molar-refractivity contribution in [2.75, 3.05) is 0 Å². The van der Waals surface area contributed by atoms with Gasteiger partial charge in [-0.1, -0.05) is 51.1 Å². The number of carbonyl (C=O) groups is 1. The maximum absolute atomic E-state index is 11.7. The van der Waals surface area contributed by atoms with Crippen LogP contribution in [-0.4, -0.2) is 5.78 Å². The molecule has 0 bridgehead atoms. The SMILES string of the molecule is CC(C)(C)C(=O)C=C(N)Cc1ccccc1. The summed E-state index contributed by atoms with van der Waals surface area (Å²) >= 11 is 0. The van der Waals surface area contributed by atoms with Crippen molar-refractivity contribution in [3.05, 3.63) is 47.7 Å². The quantitative estimate of drug-likeness (QED) is 0.791. The summed E-state index contributed by atoms with van der Waals surface area (Å²) in [5, 5.41) is 0. The van der Waals surface area contributed by atoms with Gasteiger partial charge >= 0.3 is 0 Å². The summed E-state index contributed by atoms with van der Waals surface area (Å²) in [6, 6.07) is 9.90. The topological polar surface area (TPSA) is 43.1 Å². The van der Waals surface area contributed by atoms with E-state index in [4.69, 9.17) is 5.73 Å². The van der Waals surface area contributed by atoms with E-state index in [1.54, 1.807) is 6.08 Å². The highest BCUT2D eigenvalue weighted by Gasteiger charge is 2.18. The molecular weight excluding hydrogens is 198 g/mol. The van der Waals surface area contributed by atoms with Crippen LogP contribution in [0.15, 0.2) is 42.1 Å². The molecule has 2 heteroatoms. The summed E-state index contributed by atoms with van der Waals surface area (Å²) in [7, 11) is 0. The predicted octanol–water partition coefficient (Wildman–Crippen LogP) is 2.69. The van der Waals surface area contributed by atoms with Crippen molar-refractivity contribution in [2.24, 2.45) is 11.1 Å². The molecule has 86 valence electrons. The fourth-order valence-electron chi connectivity index (χ4n) is 1.27. The van der Waals surface area contributed by atoms with Crippen LogP contribution in [0.25, 0.3) is 0 Å². The fraction of sp³-hybridized carbons (Fsp3) is 0.357. The molecule has 0 radical (unpaired) electrons. The highest BCUT2D eigenvalue weighted by Crippen LogP contribution is 2.16. The van der Waals surface area contributed by atoms with Gasteiger partial charge < -0.3 is 5.73 Å². The molecule has 0 heterocycles. The molecule has 0 saturated carbocycles. The average Bonchev–Trinajstić information content (AvgIpc) is 2.17. The maximum Gasteiger partial charge on any atom is 0.162 e. The minimum Gasteiger partial charge on any atom is -0.402 e. The van der Waals surface area contributed by atoms with E-state index in [0.717, 1.165) is 5.56 Å². The number of benzene rings is 1. The Morgan fingerprint density at radius 2 is 1.81 bits per heavy atom. The normalized spacial score (nSPS) is 12.6. The smallest absolute Gasteiger partial charge is 0.162 e. The van der Waals surface area contributed by atoms with Crippen molar-refractivity contribution in [1.29, 1.82) is 0 Å². The van der Waals surface area contributed by atoms with Gasteiger partial charge in [0, 0.05) is 23.6 Å². The van der Waals surface area contributed by atoms with Crippen LogP contribution < -0.4 is 5.73 Å². The second kappa shape index (κ2) is 4.97. The van der Waals surface area contributed by atoms with E-state index in [0.29, 0.717) is 12.1 Å². The summed E-state index contributed by atoms with van der Waals surface area (Å²) < 4.78 is 0. The molecule has 0 aliphatic heterocycles. The van der Waals surface area contributed by atoms with Gasteiger partial charge in [-0.2, -0.15) is 0 Å². The Morgan fingerprint density at radius 1 is 1.25 bits per heavy atom. The first-order chi connectivity index (χ1) is 7.39. The number of ketones is 1. The van der Waals surface area contributed by atoms with Gasteiger partial charge in [0.05, 0.1) is 0 Å². The Bertz CT molecular complexity index is 385. The lowest BCUT2D eigenvalue weighted by atomic mass is 9.90. The Labute approximate surface area is 97.2 Å². The molecule has 0 fully saturated rings. The van der Waals surface area contributed by atoms with Crippen LogP contribution in [-0.2, 0) is 11.2 Å². The van der Waals surface area contributed by atoms with Crippen molar-refractivity contribution in [3.63, 3.8) is 0 Å². The zero-order chi connectivity index (χ0) is 12.2. The fourth-order valence-corrected chi connectivity index (χ4v) is 1.27. The molecule has 0 aliphatic carbocycles. The second-order valence-electron chi connectivity index (χ2n) is 5.00. The van der Waals surface area contributed by atoms with Gasteiger partial charge in [0.25, 0.3) is 0 Å². The van der Waals surface area contributed by atoms with Gasteiger partial charge in [-0.25, -0.2) is 0 Å². The van der Waals surface area contributed by atoms with Crippen molar-refractivity contribution in [2.45, 2.75) is 27.2 Å². The molecule has 0 amide bonds. The Hall–Kier alpha value is -1.57. The zero-order valence-corrected chi connectivity index (χ0v) is 10.2. The second-order valence-corrected chi connectivity index (χ2v) is 5.00. The van der Waals surface area contributed by atoms with Crippen LogP contribution in [0.2, 0.25) is 0 Å².